The van der Waals surface area contributed by atoms with Crippen LogP contribution in [0.15, 0.2) is 36.8 Å². The van der Waals surface area contributed by atoms with Crippen molar-refractivity contribution in [3.8, 4) is 5.69 Å². The minimum absolute atomic E-state index is 0.00665. The minimum atomic E-state index is -0.00665. The van der Waals surface area contributed by atoms with Gasteiger partial charge in [0.25, 0.3) is 0 Å². The van der Waals surface area contributed by atoms with Gasteiger partial charge in [-0.1, -0.05) is 25.5 Å². The van der Waals surface area contributed by atoms with E-state index >= 15 is 0 Å². The number of imidazole rings is 1. The van der Waals surface area contributed by atoms with Crippen molar-refractivity contribution in [3.63, 3.8) is 0 Å². The smallest absolute Gasteiger partial charge is 0.0994 e. The summed E-state index contributed by atoms with van der Waals surface area (Å²) in [6, 6.07) is 8.58. The predicted octanol–water partition coefficient (Wildman–Crippen LogP) is 2.84. The van der Waals surface area contributed by atoms with E-state index in [1.807, 2.05) is 24.0 Å². The number of rotatable bonds is 4. The van der Waals surface area contributed by atoms with Gasteiger partial charge in [0, 0.05) is 11.7 Å². The quantitative estimate of drug-likeness (QED) is 0.876. The predicted molar refractivity (Wildman–Crippen MR) is 70.2 cm³/mol. The van der Waals surface area contributed by atoms with Crippen LogP contribution >= 0.6 is 0 Å². The summed E-state index contributed by atoms with van der Waals surface area (Å²) in [7, 11) is 0. The van der Waals surface area contributed by atoms with Gasteiger partial charge in [0.15, 0.2) is 0 Å². The van der Waals surface area contributed by atoms with Crippen LogP contribution < -0.4 is 5.73 Å². The molecule has 1 heterocycles. The number of aryl methyl sites for hydroxylation is 1. The zero-order chi connectivity index (χ0) is 12.3. The van der Waals surface area contributed by atoms with Gasteiger partial charge in [-0.25, -0.2) is 4.98 Å². The molecule has 0 saturated carbocycles. The van der Waals surface area contributed by atoms with Crippen LogP contribution in [0, 0.1) is 0 Å². The zero-order valence-electron chi connectivity index (χ0n) is 10.4. The highest BCUT2D eigenvalue weighted by Crippen LogP contribution is 2.16. The number of benzene rings is 1. The standard InChI is InChI=1S/C14H19N3/c1-3-4-12-5-7-13(8-6-12)17-10-16-9-14(17)11(2)15/h5-11H,3-4,15H2,1-2H3. The monoisotopic (exact) mass is 229 g/mol. The molecule has 0 fully saturated rings. The lowest BCUT2D eigenvalue weighted by Crippen LogP contribution is -2.10. The van der Waals surface area contributed by atoms with Gasteiger partial charge >= 0.3 is 0 Å². The van der Waals surface area contributed by atoms with Crippen molar-refractivity contribution in [2.45, 2.75) is 32.7 Å². The fourth-order valence-electron chi connectivity index (χ4n) is 1.97. The number of hydrogen-bond donors (Lipinski definition) is 1. The van der Waals surface area contributed by atoms with E-state index in [-0.39, 0.29) is 6.04 Å². The van der Waals surface area contributed by atoms with Crippen LogP contribution in [0.3, 0.4) is 0 Å². The number of nitrogens with zero attached hydrogens (tertiary/aromatic N) is 2. The fourth-order valence-corrected chi connectivity index (χ4v) is 1.97. The van der Waals surface area contributed by atoms with Gasteiger partial charge < -0.3 is 10.3 Å². The lowest BCUT2D eigenvalue weighted by atomic mass is 10.1. The first-order valence-corrected chi connectivity index (χ1v) is 6.09. The molecule has 0 aliphatic rings. The lowest BCUT2D eigenvalue weighted by molar-refractivity contribution is 0.752. The van der Waals surface area contributed by atoms with E-state index in [1.165, 1.54) is 12.0 Å². The maximum absolute atomic E-state index is 5.91. The summed E-state index contributed by atoms with van der Waals surface area (Å²) in [5, 5.41) is 0. The average Bonchev–Trinajstić information content (AvgIpc) is 2.79. The summed E-state index contributed by atoms with van der Waals surface area (Å²) in [6.45, 7) is 4.16. The number of nitrogens with two attached hydrogens (primary N) is 1. The van der Waals surface area contributed by atoms with Crippen LogP contribution in [0.25, 0.3) is 5.69 Å². The highest BCUT2D eigenvalue weighted by atomic mass is 15.1. The summed E-state index contributed by atoms with van der Waals surface area (Å²) in [6.07, 6.45) is 5.94. The molecule has 0 aliphatic heterocycles. The lowest BCUT2D eigenvalue weighted by Gasteiger charge is -2.11. The van der Waals surface area contributed by atoms with Crippen LogP contribution in [0.1, 0.15) is 37.6 Å². The molecule has 0 spiro atoms. The Morgan fingerprint density at radius 2 is 2.00 bits per heavy atom. The van der Waals surface area contributed by atoms with Crippen LogP contribution in [-0.4, -0.2) is 9.55 Å². The molecule has 0 bridgehead atoms. The van der Waals surface area contributed by atoms with E-state index in [2.05, 4.69) is 36.2 Å². The molecule has 1 unspecified atom stereocenters. The Balaban J connectivity index is 2.30. The molecule has 1 atom stereocenters. The van der Waals surface area contributed by atoms with Gasteiger partial charge in [-0.05, 0) is 31.0 Å². The van der Waals surface area contributed by atoms with Gasteiger partial charge in [0.2, 0.25) is 0 Å². The molecule has 0 saturated heterocycles. The summed E-state index contributed by atoms with van der Waals surface area (Å²) in [4.78, 5) is 4.16. The van der Waals surface area contributed by atoms with E-state index in [4.69, 9.17) is 5.73 Å². The molecule has 2 rings (SSSR count). The van der Waals surface area contributed by atoms with Gasteiger partial charge in [0.1, 0.15) is 0 Å². The average molecular weight is 229 g/mol. The first-order valence-electron chi connectivity index (χ1n) is 6.09. The van der Waals surface area contributed by atoms with Crippen LogP contribution in [0.4, 0.5) is 0 Å². The van der Waals surface area contributed by atoms with Crippen molar-refractivity contribution in [1.29, 1.82) is 0 Å². The molecule has 3 heteroatoms. The van der Waals surface area contributed by atoms with Gasteiger partial charge in [-0.3, -0.25) is 0 Å². The third-order valence-corrected chi connectivity index (χ3v) is 2.89. The molecule has 0 radical (unpaired) electrons. The molecule has 0 amide bonds. The summed E-state index contributed by atoms with van der Waals surface area (Å²) >= 11 is 0. The van der Waals surface area contributed by atoms with Crippen molar-refractivity contribution in [2.75, 3.05) is 0 Å². The summed E-state index contributed by atoms with van der Waals surface area (Å²) in [5.74, 6) is 0. The molecule has 2 aromatic rings. The van der Waals surface area contributed by atoms with E-state index in [9.17, 15) is 0 Å². The normalized spacial score (nSPS) is 12.6. The van der Waals surface area contributed by atoms with Crippen molar-refractivity contribution < 1.29 is 0 Å². The topological polar surface area (TPSA) is 43.8 Å². The van der Waals surface area contributed by atoms with E-state index in [0.29, 0.717) is 0 Å². The Labute approximate surface area is 102 Å². The molecule has 3 nitrogen and oxygen atoms in total. The fraction of sp³-hybridized carbons (Fsp3) is 0.357. The van der Waals surface area contributed by atoms with E-state index < -0.39 is 0 Å². The van der Waals surface area contributed by atoms with Crippen molar-refractivity contribution in [2.24, 2.45) is 5.73 Å². The number of aromatic nitrogens is 2. The highest BCUT2D eigenvalue weighted by Gasteiger charge is 2.07. The first kappa shape index (κ1) is 11.9. The molecule has 0 aliphatic carbocycles. The third-order valence-electron chi connectivity index (χ3n) is 2.89. The molecular weight excluding hydrogens is 210 g/mol. The molecule has 17 heavy (non-hydrogen) atoms. The summed E-state index contributed by atoms with van der Waals surface area (Å²) in [5.41, 5.74) is 9.44. The molecule has 2 N–H and O–H groups in total. The van der Waals surface area contributed by atoms with Crippen LogP contribution in [-0.2, 0) is 6.42 Å². The maximum Gasteiger partial charge on any atom is 0.0994 e. The molecule has 1 aromatic heterocycles. The maximum atomic E-state index is 5.91. The highest BCUT2D eigenvalue weighted by molar-refractivity contribution is 5.36. The van der Waals surface area contributed by atoms with Gasteiger partial charge in [0.05, 0.1) is 18.2 Å². The second kappa shape index (κ2) is 5.15. The van der Waals surface area contributed by atoms with Crippen LogP contribution in [0.5, 0.6) is 0 Å². The Morgan fingerprint density at radius 1 is 1.29 bits per heavy atom. The SMILES string of the molecule is CCCc1ccc(-n2cncc2C(C)N)cc1. The van der Waals surface area contributed by atoms with Crippen LogP contribution in [0.2, 0.25) is 0 Å². The second-order valence-corrected chi connectivity index (χ2v) is 4.39. The molecule has 1 aromatic carbocycles. The molecule has 90 valence electrons. The first-order chi connectivity index (χ1) is 8.22. The number of hydrogen-bond acceptors (Lipinski definition) is 2. The van der Waals surface area contributed by atoms with Gasteiger partial charge in [-0.15, -0.1) is 0 Å². The second-order valence-electron chi connectivity index (χ2n) is 4.39. The molecular formula is C14H19N3. The Hall–Kier alpha value is -1.61. The summed E-state index contributed by atoms with van der Waals surface area (Å²) < 4.78 is 2.04. The Morgan fingerprint density at radius 3 is 2.59 bits per heavy atom. The minimum Gasteiger partial charge on any atom is -0.323 e. The van der Waals surface area contributed by atoms with Crippen molar-refractivity contribution in [1.82, 2.24) is 9.55 Å². The third kappa shape index (κ3) is 2.56. The van der Waals surface area contributed by atoms with Crippen molar-refractivity contribution >= 4 is 0 Å². The Bertz CT molecular complexity index is 468. The van der Waals surface area contributed by atoms with E-state index in [0.717, 1.165) is 17.8 Å². The Kier molecular flexibility index (Phi) is 3.59. The largest absolute Gasteiger partial charge is 0.323 e. The van der Waals surface area contributed by atoms with Crippen molar-refractivity contribution in [3.05, 3.63) is 48.0 Å². The zero-order valence-corrected chi connectivity index (χ0v) is 10.4. The van der Waals surface area contributed by atoms with Gasteiger partial charge in [-0.2, -0.15) is 0 Å². The van der Waals surface area contributed by atoms with E-state index in [1.54, 1.807) is 0 Å².